The summed E-state index contributed by atoms with van der Waals surface area (Å²) >= 11 is 1.43. The minimum absolute atomic E-state index is 0.148. The van der Waals surface area contributed by atoms with Crippen LogP contribution in [0.25, 0.3) is 5.65 Å². The molecule has 0 aliphatic rings. The molecule has 0 spiro atoms. The highest BCUT2D eigenvalue weighted by molar-refractivity contribution is 8.00. The van der Waals surface area contributed by atoms with Gasteiger partial charge in [0.2, 0.25) is 0 Å². The fourth-order valence-electron chi connectivity index (χ4n) is 1.62. The molecule has 0 amide bonds. The lowest BCUT2D eigenvalue weighted by Gasteiger charge is -2.01. The number of imidazole rings is 1. The summed E-state index contributed by atoms with van der Waals surface area (Å²) in [5.41, 5.74) is 7.48. The molecule has 0 aromatic carbocycles. The van der Waals surface area contributed by atoms with Crippen LogP contribution in [-0.2, 0) is 16.4 Å². The molecule has 0 bridgehead atoms. The molecule has 0 saturated carbocycles. The third-order valence-electron chi connectivity index (χ3n) is 2.48. The number of nitrogens with zero attached hydrogens (tertiary/aromatic N) is 2. The Kier molecular flexibility index (Phi) is 3.94. The minimum Gasteiger partial charge on any atom is -0.325 e. The van der Waals surface area contributed by atoms with E-state index >= 15 is 0 Å². The number of thioether (sulfide) groups is 1. The topological polar surface area (TPSA) is 77.5 Å². The summed E-state index contributed by atoms with van der Waals surface area (Å²) in [6.45, 7) is 0.381. The van der Waals surface area contributed by atoms with Crippen molar-refractivity contribution in [3.05, 3.63) is 30.1 Å². The Morgan fingerprint density at radius 1 is 1.44 bits per heavy atom. The molecule has 0 aliphatic heterocycles. The molecular formula is C11H15N3O2S2. The summed E-state index contributed by atoms with van der Waals surface area (Å²) in [4.78, 5) is 4.45. The Morgan fingerprint density at radius 3 is 2.89 bits per heavy atom. The first-order valence-corrected chi connectivity index (χ1v) is 8.52. The van der Waals surface area contributed by atoms with E-state index in [1.165, 1.54) is 18.0 Å². The molecule has 2 aromatic heterocycles. The van der Waals surface area contributed by atoms with Gasteiger partial charge in [0.05, 0.1) is 11.4 Å². The van der Waals surface area contributed by atoms with Gasteiger partial charge in [-0.3, -0.25) is 0 Å². The second kappa shape index (κ2) is 5.29. The fourth-order valence-corrected chi connectivity index (χ4v) is 3.86. The number of fused-ring (bicyclic) bond motifs is 1. The summed E-state index contributed by atoms with van der Waals surface area (Å²) in [5, 5.41) is 0.812. The van der Waals surface area contributed by atoms with Crippen LogP contribution < -0.4 is 5.73 Å². The van der Waals surface area contributed by atoms with Crippen LogP contribution in [0.4, 0.5) is 0 Å². The Morgan fingerprint density at radius 2 is 2.22 bits per heavy atom. The lowest BCUT2D eigenvalue weighted by Crippen LogP contribution is -2.06. The van der Waals surface area contributed by atoms with E-state index in [1.807, 2.05) is 28.8 Å². The van der Waals surface area contributed by atoms with Crippen molar-refractivity contribution in [3.63, 3.8) is 0 Å². The van der Waals surface area contributed by atoms with Crippen molar-refractivity contribution < 1.29 is 8.42 Å². The van der Waals surface area contributed by atoms with Gasteiger partial charge >= 0.3 is 0 Å². The van der Waals surface area contributed by atoms with Crippen LogP contribution in [0.5, 0.6) is 0 Å². The van der Waals surface area contributed by atoms with Gasteiger partial charge in [0.1, 0.15) is 20.5 Å². The zero-order valence-electron chi connectivity index (χ0n) is 10.0. The predicted molar refractivity (Wildman–Crippen MR) is 73.5 cm³/mol. The molecule has 0 fully saturated rings. The molecule has 2 aromatic rings. The van der Waals surface area contributed by atoms with Gasteiger partial charge in [-0.1, -0.05) is 6.07 Å². The molecule has 0 atom stereocenters. The van der Waals surface area contributed by atoms with Crippen molar-refractivity contribution in [3.8, 4) is 0 Å². The van der Waals surface area contributed by atoms with E-state index < -0.39 is 9.84 Å². The first kappa shape index (κ1) is 13.4. The average Bonchev–Trinajstić information content (AvgIpc) is 2.64. The molecule has 0 saturated heterocycles. The van der Waals surface area contributed by atoms with Crippen LogP contribution in [0.1, 0.15) is 5.69 Å². The monoisotopic (exact) mass is 285 g/mol. The Balaban J connectivity index is 2.22. The van der Waals surface area contributed by atoms with Gasteiger partial charge in [0.25, 0.3) is 0 Å². The van der Waals surface area contributed by atoms with Gasteiger partial charge in [-0.2, -0.15) is 0 Å². The van der Waals surface area contributed by atoms with Gasteiger partial charge < -0.3 is 10.1 Å². The molecule has 5 nitrogen and oxygen atoms in total. The quantitative estimate of drug-likeness (QED) is 0.827. The Hall–Kier alpha value is -1.05. The zero-order valence-corrected chi connectivity index (χ0v) is 11.7. The van der Waals surface area contributed by atoms with Gasteiger partial charge in [0, 0.05) is 24.8 Å². The first-order chi connectivity index (χ1) is 8.51. The third-order valence-corrected chi connectivity index (χ3v) is 4.69. The maximum absolute atomic E-state index is 11.1. The van der Waals surface area contributed by atoms with Gasteiger partial charge in [0.15, 0.2) is 0 Å². The average molecular weight is 285 g/mol. The van der Waals surface area contributed by atoms with E-state index in [4.69, 9.17) is 5.73 Å². The molecule has 0 unspecified atom stereocenters. The molecule has 0 aliphatic carbocycles. The van der Waals surface area contributed by atoms with E-state index in [1.54, 1.807) is 0 Å². The largest absolute Gasteiger partial charge is 0.325 e. The number of pyridine rings is 1. The highest BCUT2D eigenvalue weighted by Gasteiger charge is 2.11. The lowest BCUT2D eigenvalue weighted by atomic mass is 10.4. The summed E-state index contributed by atoms with van der Waals surface area (Å²) in [5.74, 6) is 0.644. The lowest BCUT2D eigenvalue weighted by molar-refractivity contribution is 0.603. The van der Waals surface area contributed by atoms with E-state index in [9.17, 15) is 8.42 Å². The molecular weight excluding hydrogens is 270 g/mol. The predicted octanol–water partition coefficient (Wildman–Crippen LogP) is 0.930. The summed E-state index contributed by atoms with van der Waals surface area (Å²) in [7, 11) is -2.93. The van der Waals surface area contributed by atoms with Crippen LogP contribution in [0, 0.1) is 0 Å². The number of aromatic nitrogens is 2. The van der Waals surface area contributed by atoms with Gasteiger partial charge in [-0.15, -0.1) is 11.8 Å². The van der Waals surface area contributed by atoms with Crippen molar-refractivity contribution in [2.75, 3.05) is 17.8 Å². The maximum Gasteiger partial charge on any atom is 0.148 e. The Bertz CT molecular complexity index is 649. The standard InChI is InChI=1S/C11H15N3O2S2/c1-18(15,16)7-6-17-11-9(8-12)14-5-3-2-4-10(14)13-11/h2-5H,6-8,12H2,1H3. The van der Waals surface area contributed by atoms with Crippen molar-refractivity contribution in [1.29, 1.82) is 0 Å². The summed E-state index contributed by atoms with van der Waals surface area (Å²) in [6.07, 6.45) is 3.15. The van der Waals surface area contributed by atoms with E-state index in [-0.39, 0.29) is 5.75 Å². The smallest absolute Gasteiger partial charge is 0.148 e. The van der Waals surface area contributed by atoms with Crippen LogP contribution in [-0.4, -0.2) is 35.6 Å². The molecule has 0 radical (unpaired) electrons. The van der Waals surface area contributed by atoms with E-state index in [2.05, 4.69) is 4.98 Å². The maximum atomic E-state index is 11.1. The fraction of sp³-hybridized carbons (Fsp3) is 0.364. The molecule has 18 heavy (non-hydrogen) atoms. The summed E-state index contributed by atoms with van der Waals surface area (Å²) in [6, 6.07) is 5.73. The molecule has 2 rings (SSSR count). The second-order valence-electron chi connectivity index (χ2n) is 3.97. The first-order valence-electron chi connectivity index (χ1n) is 5.48. The van der Waals surface area contributed by atoms with Gasteiger partial charge in [-0.25, -0.2) is 13.4 Å². The third kappa shape index (κ3) is 3.04. The molecule has 7 heteroatoms. The van der Waals surface area contributed by atoms with Gasteiger partial charge in [-0.05, 0) is 12.1 Å². The number of sulfone groups is 1. The van der Waals surface area contributed by atoms with Crippen molar-refractivity contribution in [2.24, 2.45) is 5.73 Å². The van der Waals surface area contributed by atoms with Crippen molar-refractivity contribution in [1.82, 2.24) is 9.38 Å². The SMILES string of the molecule is CS(=O)(=O)CCSc1nc2ccccn2c1CN. The highest BCUT2D eigenvalue weighted by atomic mass is 32.2. The molecule has 98 valence electrons. The number of rotatable bonds is 5. The second-order valence-corrected chi connectivity index (χ2v) is 7.32. The zero-order chi connectivity index (χ0) is 13.2. The molecule has 2 N–H and O–H groups in total. The minimum atomic E-state index is -2.93. The number of hydrogen-bond donors (Lipinski definition) is 1. The summed E-state index contributed by atoms with van der Waals surface area (Å²) < 4.78 is 24.1. The highest BCUT2D eigenvalue weighted by Crippen LogP contribution is 2.23. The van der Waals surface area contributed by atoms with E-state index in [0.717, 1.165) is 16.4 Å². The van der Waals surface area contributed by atoms with Crippen LogP contribution in [0.15, 0.2) is 29.4 Å². The number of hydrogen-bond acceptors (Lipinski definition) is 5. The number of nitrogens with two attached hydrogens (primary N) is 1. The van der Waals surface area contributed by atoms with Crippen LogP contribution >= 0.6 is 11.8 Å². The van der Waals surface area contributed by atoms with Crippen molar-refractivity contribution in [2.45, 2.75) is 11.6 Å². The van der Waals surface area contributed by atoms with Crippen molar-refractivity contribution >= 4 is 27.2 Å². The van der Waals surface area contributed by atoms with E-state index in [0.29, 0.717) is 12.3 Å². The Labute approximate surface area is 110 Å². The van der Waals surface area contributed by atoms with Crippen LogP contribution in [0.2, 0.25) is 0 Å². The normalized spacial score (nSPS) is 12.1. The van der Waals surface area contributed by atoms with Crippen LogP contribution in [0.3, 0.4) is 0 Å². The molecule has 2 heterocycles.